The molecule has 0 bridgehead atoms. The van der Waals surface area contributed by atoms with Crippen LogP contribution in [0.3, 0.4) is 0 Å². The van der Waals surface area contributed by atoms with Crippen LogP contribution < -0.4 is 10.6 Å². The predicted molar refractivity (Wildman–Crippen MR) is 132 cm³/mol. The minimum absolute atomic E-state index is 0.0646. The number of nitrogens with one attached hydrogen (secondary N) is 2. The van der Waals surface area contributed by atoms with Gasteiger partial charge in [0, 0.05) is 17.8 Å². The van der Waals surface area contributed by atoms with Crippen LogP contribution in [0.25, 0.3) is 0 Å². The van der Waals surface area contributed by atoms with Gasteiger partial charge in [-0.25, -0.2) is 9.78 Å². The van der Waals surface area contributed by atoms with Crippen molar-refractivity contribution < 1.29 is 19.5 Å². The molecular formula is C25H32N4O4S. The lowest BCUT2D eigenvalue weighted by Gasteiger charge is -2.41. The lowest BCUT2D eigenvalue weighted by Crippen LogP contribution is -2.50. The van der Waals surface area contributed by atoms with Gasteiger partial charge in [-0.15, -0.1) is 0 Å². The Hall–Kier alpha value is -2.94. The van der Waals surface area contributed by atoms with E-state index in [0.717, 1.165) is 37.0 Å². The maximum atomic E-state index is 13.3. The monoisotopic (exact) mass is 484 g/mol. The van der Waals surface area contributed by atoms with E-state index in [1.54, 1.807) is 24.3 Å². The zero-order valence-electron chi connectivity index (χ0n) is 19.3. The fourth-order valence-corrected chi connectivity index (χ4v) is 5.72. The van der Waals surface area contributed by atoms with Gasteiger partial charge < -0.3 is 15.3 Å². The summed E-state index contributed by atoms with van der Waals surface area (Å²) in [7, 11) is 0. The number of hydrogen-bond donors (Lipinski definition) is 3. The summed E-state index contributed by atoms with van der Waals surface area (Å²) in [5, 5.41) is 15.0. The Labute approximate surface area is 203 Å². The number of carbonyl (C=O) groups excluding carboxylic acids is 2. The fourth-order valence-electron chi connectivity index (χ4n) is 5.01. The highest BCUT2D eigenvalue weighted by molar-refractivity contribution is 7.17. The van der Waals surface area contributed by atoms with E-state index in [1.807, 2.05) is 0 Å². The first-order valence-corrected chi connectivity index (χ1v) is 13.0. The van der Waals surface area contributed by atoms with Crippen molar-refractivity contribution in [2.75, 3.05) is 10.6 Å². The maximum absolute atomic E-state index is 13.3. The Morgan fingerprint density at radius 3 is 2.06 bits per heavy atom. The van der Waals surface area contributed by atoms with Crippen molar-refractivity contribution in [3.63, 3.8) is 0 Å². The van der Waals surface area contributed by atoms with Gasteiger partial charge in [-0.05, 0) is 43.4 Å². The Balaban J connectivity index is 1.38. The Bertz CT molecular complexity index is 977. The molecule has 0 spiro atoms. The Morgan fingerprint density at radius 2 is 1.50 bits per heavy atom. The van der Waals surface area contributed by atoms with Gasteiger partial charge in [-0.3, -0.25) is 14.9 Å². The van der Waals surface area contributed by atoms with Gasteiger partial charge in [-0.2, -0.15) is 0 Å². The summed E-state index contributed by atoms with van der Waals surface area (Å²) in [5.74, 6) is -1.22. The summed E-state index contributed by atoms with van der Waals surface area (Å²) < 4.78 is 0. The van der Waals surface area contributed by atoms with Crippen molar-refractivity contribution in [2.24, 2.45) is 0 Å². The molecule has 0 radical (unpaired) electrons. The third kappa shape index (κ3) is 6.34. The first kappa shape index (κ1) is 24.2. The maximum Gasteiger partial charge on any atom is 0.324 e. The van der Waals surface area contributed by atoms with Crippen LogP contribution in [-0.2, 0) is 11.2 Å². The summed E-state index contributed by atoms with van der Waals surface area (Å²) in [4.78, 5) is 43.5. The zero-order chi connectivity index (χ0) is 23.9. The molecule has 182 valence electrons. The van der Waals surface area contributed by atoms with Crippen LogP contribution in [0.5, 0.6) is 0 Å². The molecule has 0 saturated heterocycles. The highest BCUT2D eigenvalue weighted by Crippen LogP contribution is 2.31. The number of carboxylic acid groups (broad SMARTS) is 1. The van der Waals surface area contributed by atoms with E-state index in [-0.39, 0.29) is 30.4 Å². The standard InChI is InChI=1S/C25H32N4O4S/c30-22(31)15-17-11-13-18(14-12-17)27-23(32)21-16-26-24(34-21)28-25(33)29(19-7-3-1-4-8-19)20-9-5-2-6-10-20/h11-14,16,19-20H,1-10,15H2,(H,27,32)(H,30,31)(H,26,28,33). The number of nitrogens with zero attached hydrogens (tertiary/aromatic N) is 2. The summed E-state index contributed by atoms with van der Waals surface area (Å²) in [6.45, 7) is 0. The summed E-state index contributed by atoms with van der Waals surface area (Å²) in [5.41, 5.74) is 1.23. The average molecular weight is 485 g/mol. The second-order valence-electron chi connectivity index (χ2n) is 9.17. The molecule has 8 nitrogen and oxygen atoms in total. The predicted octanol–water partition coefficient (Wildman–Crippen LogP) is 5.52. The van der Waals surface area contributed by atoms with E-state index in [4.69, 9.17) is 5.11 Å². The Kier molecular flexibility index (Phi) is 8.16. The highest BCUT2D eigenvalue weighted by Gasteiger charge is 2.33. The third-order valence-electron chi connectivity index (χ3n) is 6.68. The van der Waals surface area contributed by atoms with E-state index < -0.39 is 5.97 Å². The molecule has 0 atom stereocenters. The van der Waals surface area contributed by atoms with E-state index in [0.29, 0.717) is 21.3 Å². The van der Waals surface area contributed by atoms with Crippen molar-refractivity contribution in [1.29, 1.82) is 0 Å². The highest BCUT2D eigenvalue weighted by atomic mass is 32.1. The minimum Gasteiger partial charge on any atom is -0.481 e. The number of carboxylic acids is 1. The van der Waals surface area contributed by atoms with Crippen LogP contribution >= 0.6 is 11.3 Å². The molecule has 0 unspecified atom stereocenters. The number of aliphatic carboxylic acids is 1. The Morgan fingerprint density at radius 1 is 0.912 bits per heavy atom. The number of rotatable bonds is 7. The van der Waals surface area contributed by atoms with Gasteiger partial charge >= 0.3 is 12.0 Å². The first-order valence-electron chi connectivity index (χ1n) is 12.2. The molecule has 0 aliphatic heterocycles. The van der Waals surface area contributed by atoms with Gasteiger partial charge in [0.1, 0.15) is 4.88 Å². The summed E-state index contributed by atoms with van der Waals surface area (Å²) in [6.07, 6.45) is 12.8. The largest absolute Gasteiger partial charge is 0.481 e. The van der Waals surface area contributed by atoms with Gasteiger partial charge in [-0.1, -0.05) is 62.0 Å². The zero-order valence-corrected chi connectivity index (χ0v) is 20.1. The molecule has 2 aromatic rings. The molecule has 9 heteroatoms. The molecule has 1 aromatic carbocycles. The summed E-state index contributed by atoms with van der Waals surface area (Å²) >= 11 is 1.15. The smallest absolute Gasteiger partial charge is 0.324 e. The molecule has 2 aliphatic carbocycles. The molecule has 2 aliphatic rings. The molecule has 1 aromatic heterocycles. The SMILES string of the molecule is O=C(O)Cc1ccc(NC(=O)c2cnc(NC(=O)N(C3CCCCC3)C3CCCCC3)s2)cc1. The van der Waals surface area contributed by atoms with Crippen LogP contribution in [-0.4, -0.2) is 45.0 Å². The molecule has 2 fully saturated rings. The van der Waals surface area contributed by atoms with Crippen molar-refractivity contribution in [2.45, 2.75) is 82.7 Å². The van der Waals surface area contributed by atoms with Crippen LogP contribution in [0.4, 0.5) is 15.6 Å². The second-order valence-corrected chi connectivity index (χ2v) is 10.2. The molecular weight excluding hydrogens is 452 g/mol. The molecule has 1 heterocycles. The van der Waals surface area contributed by atoms with Gasteiger partial charge in [0.05, 0.1) is 12.6 Å². The molecule has 3 amide bonds. The summed E-state index contributed by atoms with van der Waals surface area (Å²) in [6, 6.07) is 7.15. The number of anilines is 2. The van der Waals surface area contributed by atoms with Crippen molar-refractivity contribution in [1.82, 2.24) is 9.88 Å². The van der Waals surface area contributed by atoms with Crippen molar-refractivity contribution >= 4 is 40.1 Å². The van der Waals surface area contributed by atoms with Crippen LogP contribution in [0.1, 0.15) is 79.4 Å². The number of hydrogen-bond acceptors (Lipinski definition) is 5. The molecule has 34 heavy (non-hydrogen) atoms. The van der Waals surface area contributed by atoms with Crippen LogP contribution in [0, 0.1) is 0 Å². The van der Waals surface area contributed by atoms with Crippen molar-refractivity contribution in [3.05, 3.63) is 40.9 Å². The van der Waals surface area contributed by atoms with E-state index in [2.05, 4.69) is 20.5 Å². The van der Waals surface area contributed by atoms with E-state index in [9.17, 15) is 14.4 Å². The number of amides is 3. The molecule has 2 saturated carbocycles. The number of benzene rings is 1. The lowest BCUT2D eigenvalue weighted by molar-refractivity contribution is -0.136. The van der Waals surface area contributed by atoms with Crippen LogP contribution in [0.15, 0.2) is 30.5 Å². The molecule has 4 rings (SSSR count). The topological polar surface area (TPSA) is 112 Å². The van der Waals surface area contributed by atoms with Gasteiger partial charge in [0.15, 0.2) is 5.13 Å². The van der Waals surface area contributed by atoms with Gasteiger partial charge in [0.2, 0.25) is 0 Å². The first-order chi connectivity index (χ1) is 16.5. The van der Waals surface area contributed by atoms with E-state index in [1.165, 1.54) is 44.7 Å². The normalized spacial score (nSPS) is 17.2. The van der Waals surface area contributed by atoms with Gasteiger partial charge in [0.25, 0.3) is 5.91 Å². The number of aromatic nitrogens is 1. The molecule has 3 N–H and O–H groups in total. The minimum atomic E-state index is -0.901. The van der Waals surface area contributed by atoms with Crippen molar-refractivity contribution in [3.8, 4) is 0 Å². The van der Waals surface area contributed by atoms with E-state index >= 15 is 0 Å². The third-order valence-corrected chi connectivity index (χ3v) is 7.59. The second kappa shape index (κ2) is 11.5. The number of thiazole rings is 1. The average Bonchev–Trinajstić information content (AvgIpc) is 3.30. The fraction of sp³-hybridized carbons (Fsp3) is 0.520. The quantitative estimate of drug-likeness (QED) is 0.479. The van der Waals surface area contributed by atoms with Crippen LogP contribution in [0.2, 0.25) is 0 Å². The number of carbonyl (C=O) groups is 3. The number of urea groups is 1. The lowest BCUT2D eigenvalue weighted by atomic mass is 9.89.